The summed E-state index contributed by atoms with van der Waals surface area (Å²) < 4.78 is 0. The van der Waals surface area contributed by atoms with Gasteiger partial charge in [-0.05, 0) is 92.3 Å². The van der Waals surface area contributed by atoms with Crippen LogP contribution in [0.25, 0.3) is 0 Å². The fraction of sp³-hybridized carbons (Fsp3) is 0.387. The number of anilines is 2. The molecule has 7 nitrogen and oxygen atoms in total. The lowest BCUT2D eigenvalue weighted by atomic mass is 10.1. The first-order chi connectivity index (χ1) is 18.4. The smallest absolute Gasteiger partial charge is 0.251 e. The predicted molar refractivity (Wildman–Crippen MR) is 151 cm³/mol. The third-order valence-electron chi connectivity index (χ3n) is 7.83. The van der Waals surface area contributed by atoms with Crippen molar-refractivity contribution in [3.63, 3.8) is 0 Å². The van der Waals surface area contributed by atoms with Gasteiger partial charge in [0, 0.05) is 74.0 Å². The lowest BCUT2D eigenvalue weighted by Gasteiger charge is -2.38. The molecule has 2 atom stereocenters. The van der Waals surface area contributed by atoms with E-state index in [0.29, 0.717) is 18.2 Å². The van der Waals surface area contributed by atoms with Crippen molar-refractivity contribution >= 4 is 23.2 Å². The van der Waals surface area contributed by atoms with Gasteiger partial charge in [-0.15, -0.1) is 0 Å². The largest absolute Gasteiger partial charge is 0.369 e. The second-order valence-electron chi connectivity index (χ2n) is 10.7. The maximum absolute atomic E-state index is 12.8. The molecule has 2 aromatic carbocycles. The lowest BCUT2D eigenvalue weighted by Crippen LogP contribution is -2.48. The zero-order valence-electron chi connectivity index (χ0n) is 22.5. The van der Waals surface area contributed by atoms with E-state index in [9.17, 15) is 9.59 Å². The maximum Gasteiger partial charge on any atom is 0.251 e. The highest BCUT2D eigenvalue weighted by molar-refractivity contribution is 5.95. The number of piperazine rings is 1. The van der Waals surface area contributed by atoms with E-state index in [1.54, 1.807) is 6.20 Å². The molecular weight excluding hydrogens is 474 g/mol. The normalized spacial score (nSPS) is 19.3. The van der Waals surface area contributed by atoms with Gasteiger partial charge in [0.25, 0.3) is 5.91 Å². The Morgan fingerprint density at radius 3 is 2.45 bits per heavy atom. The van der Waals surface area contributed by atoms with Crippen LogP contribution in [-0.2, 0) is 11.3 Å². The van der Waals surface area contributed by atoms with E-state index in [0.717, 1.165) is 60.7 Å². The van der Waals surface area contributed by atoms with Gasteiger partial charge in [-0.25, -0.2) is 0 Å². The Hall–Kier alpha value is -3.71. The third-order valence-corrected chi connectivity index (χ3v) is 7.83. The first-order valence-electron chi connectivity index (χ1n) is 13.6. The van der Waals surface area contributed by atoms with Crippen LogP contribution in [0.2, 0.25) is 0 Å². The lowest BCUT2D eigenvalue weighted by molar-refractivity contribution is -0.117. The number of pyridine rings is 1. The van der Waals surface area contributed by atoms with Gasteiger partial charge in [0.1, 0.15) is 0 Å². The minimum atomic E-state index is -0.0897. The standard InChI is InChI=1S/C31H37N5O2/c1-21(2)35-13-15-36(16-14-35)27-10-7-23(8-11-27)30(37)33-20-24-6-9-26(17-22(24)3)34-31(38)29-18-28(29)25-5-4-12-32-19-25/h4-12,17,19,21,28-29H,13-16,18,20H2,1-3H3,(H,33,37)(H,34,38). The van der Waals surface area contributed by atoms with Crippen molar-refractivity contribution in [1.82, 2.24) is 15.2 Å². The van der Waals surface area contributed by atoms with Crippen LogP contribution in [0.3, 0.4) is 0 Å². The molecule has 38 heavy (non-hydrogen) atoms. The molecule has 0 radical (unpaired) electrons. The van der Waals surface area contributed by atoms with Gasteiger partial charge in [0.2, 0.25) is 5.91 Å². The molecule has 2 N–H and O–H groups in total. The van der Waals surface area contributed by atoms with Crippen molar-refractivity contribution < 1.29 is 9.59 Å². The molecule has 2 aliphatic rings. The second-order valence-corrected chi connectivity index (χ2v) is 10.7. The summed E-state index contributed by atoms with van der Waals surface area (Å²) in [6.45, 7) is 11.1. The Kier molecular flexibility index (Phi) is 7.74. The van der Waals surface area contributed by atoms with Crippen LogP contribution in [0.15, 0.2) is 67.0 Å². The molecule has 1 aliphatic carbocycles. The Labute approximate surface area is 225 Å². The number of aromatic nitrogens is 1. The summed E-state index contributed by atoms with van der Waals surface area (Å²) >= 11 is 0. The topological polar surface area (TPSA) is 77.6 Å². The zero-order valence-corrected chi connectivity index (χ0v) is 22.5. The molecule has 2 unspecified atom stereocenters. The molecule has 2 fully saturated rings. The molecule has 1 aliphatic heterocycles. The predicted octanol–water partition coefficient (Wildman–Crippen LogP) is 4.59. The maximum atomic E-state index is 12.8. The summed E-state index contributed by atoms with van der Waals surface area (Å²) in [5, 5.41) is 6.08. The van der Waals surface area contributed by atoms with Crippen molar-refractivity contribution in [2.24, 2.45) is 5.92 Å². The summed E-state index contributed by atoms with van der Waals surface area (Å²) in [6.07, 6.45) is 4.45. The van der Waals surface area contributed by atoms with Crippen molar-refractivity contribution in [3.05, 3.63) is 89.2 Å². The highest BCUT2D eigenvalue weighted by atomic mass is 16.2. The van der Waals surface area contributed by atoms with Crippen molar-refractivity contribution in [2.75, 3.05) is 36.4 Å². The van der Waals surface area contributed by atoms with Gasteiger partial charge in [-0.3, -0.25) is 19.5 Å². The molecule has 0 spiro atoms. The van der Waals surface area contributed by atoms with Crippen molar-refractivity contribution in [3.8, 4) is 0 Å². The van der Waals surface area contributed by atoms with Crippen LogP contribution in [0.4, 0.5) is 11.4 Å². The number of carbonyl (C=O) groups is 2. The summed E-state index contributed by atoms with van der Waals surface area (Å²) in [4.78, 5) is 34.5. The number of hydrogen-bond donors (Lipinski definition) is 2. The minimum absolute atomic E-state index is 0.00509. The van der Waals surface area contributed by atoms with E-state index >= 15 is 0 Å². The van der Waals surface area contributed by atoms with Crippen LogP contribution in [0, 0.1) is 12.8 Å². The molecule has 2 heterocycles. The zero-order chi connectivity index (χ0) is 26.6. The molecule has 0 bridgehead atoms. The fourth-order valence-electron chi connectivity index (χ4n) is 5.25. The number of carbonyl (C=O) groups excluding carboxylic acids is 2. The van der Waals surface area contributed by atoms with Crippen LogP contribution >= 0.6 is 0 Å². The Morgan fingerprint density at radius 1 is 1.03 bits per heavy atom. The molecule has 1 saturated carbocycles. The highest BCUT2D eigenvalue weighted by Crippen LogP contribution is 2.47. The molecule has 198 valence electrons. The van der Waals surface area contributed by atoms with Crippen LogP contribution in [0.1, 0.15) is 53.2 Å². The van der Waals surface area contributed by atoms with E-state index in [4.69, 9.17) is 0 Å². The van der Waals surface area contributed by atoms with Gasteiger partial charge >= 0.3 is 0 Å². The summed E-state index contributed by atoms with van der Waals surface area (Å²) in [5.74, 6) is 0.204. The van der Waals surface area contributed by atoms with E-state index in [2.05, 4.69) is 39.3 Å². The number of benzene rings is 2. The van der Waals surface area contributed by atoms with E-state index in [1.165, 1.54) is 0 Å². The van der Waals surface area contributed by atoms with Crippen molar-refractivity contribution in [2.45, 2.75) is 45.7 Å². The molecule has 7 heteroatoms. The second kappa shape index (κ2) is 11.4. The Balaban J connectivity index is 1.11. The van der Waals surface area contributed by atoms with Crippen molar-refractivity contribution in [1.29, 1.82) is 0 Å². The number of amides is 2. The Bertz CT molecular complexity index is 1270. The van der Waals surface area contributed by atoms with Gasteiger partial charge in [-0.1, -0.05) is 12.1 Å². The molecule has 1 aromatic heterocycles. The first-order valence-corrected chi connectivity index (χ1v) is 13.6. The van der Waals surface area contributed by atoms with Crippen LogP contribution in [0.5, 0.6) is 0 Å². The number of nitrogens with one attached hydrogen (secondary N) is 2. The quantitative estimate of drug-likeness (QED) is 0.463. The van der Waals surface area contributed by atoms with Gasteiger partial charge in [0.15, 0.2) is 0 Å². The third kappa shape index (κ3) is 6.05. The number of rotatable bonds is 8. The van der Waals surface area contributed by atoms with Gasteiger partial charge in [-0.2, -0.15) is 0 Å². The van der Waals surface area contributed by atoms with E-state index in [-0.39, 0.29) is 23.7 Å². The number of hydrogen-bond acceptors (Lipinski definition) is 5. The monoisotopic (exact) mass is 511 g/mol. The summed E-state index contributed by atoms with van der Waals surface area (Å²) in [5.41, 5.74) is 5.77. The average Bonchev–Trinajstić information content (AvgIpc) is 3.75. The van der Waals surface area contributed by atoms with Gasteiger partial charge in [0.05, 0.1) is 0 Å². The summed E-state index contributed by atoms with van der Waals surface area (Å²) in [7, 11) is 0. The number of nitrogens with zero attached hydrogens (tertiary/aromatic N) is 3. The SMILES string of the molecule is Cc1cc(NC(=O)C2CC2c2cccnc2)ccc1CNC(=O)c1ccc(N2CCN(C(C)C)CC2)cc1. The van der Waals surface area contributed by atoms with Gasteiger partial charge < -0.3 is 15.5 Å². The minimum Gasteiger partial charge on any atom is -0.369 e. The first kappa shape index (κ1) is 25.9. The molecular formula is C31H37N5O2. The molecule has 2 amide bonds. The van der Waals surface area contributed by atoms with E-state index in [1.807, 2.05) is 67.7 Å². The number of aryl methyl sites for hydroxylation is 1. The van der Waals surface area contributed by atoms with Crippen LogP contribution < -0.4 is 15.5 Å². The Morgan fingerprint density at radius 2 is 1.79 bits per heavy atom. The summed E-state index contributed by atoms with van der Waals surface area (Å²) in [6, 6.07) is 18.3. The highest BCUT2D eigenvalue weighted by Gasteiger charge is 2.44. The molecule has 3 aromatic rings. The molecule has 1 saturated heterocycles. The molecule has 5 rings (SSSR count). The van der Waals surface area contributed by atoms with Crippen LogP contribution in [-0.4, -0.2) is 53.9 Å². The van der Waals surface area contributed by atoms with E-state index < -0.39 is 0 Å². The fourth-order valence-corrected chi connectivity index (χ4v) is 5.25. The average molecular weight is 512 g/mol.